The fourth-order valence-corrected chi connectivity index (χ4v) is 1.71. The Morgan fingerprint density at radius 2 is 2.14 bits per heavy atom. The molecule has 0 bridgehead atoms. The third-order valence-corrected chi connectivity index (χ3v) is 2.64. The normalized spacial score (nSPS) is 10.1. The molecule has 0 amide bonds. The van der Waals surface area contributed by atoms with Crippen molar-refractivity contribution in [2.45, 2.75) is 0 Å². The first-order chi connectivity index (χ1) is 6.72. The Kier molecular flexibility index (Phi) is 2.36. The van der Waals surface area contributed by atoms with Crippen molar-refractivity contribution in [2.75, 3.05) is 0 Å². The molecule has 0 atom stereocenters. The third-order valence-electron chi connectivity index (χ3n) is 1.77. The van der Waals surface area contributed by atoms with Crippen molar-refractivity contribution in [1.82, 2.24) is 10.2 Å². The highest BCUT2D eigenvalue weighted by Crippen LogP contribution is 2.26. The Bertz CT molecular complexity index is 547. The van der Waals surface area contributed by atoms with Crippen molar-refractivity contribution in [3.05, 3.63) is 33.4 Å². The van der Waals surface area contributed by atoms with E-state index in [1.807, 2.05) is 18.2 Å². The summed E-state index contributed by atoms with van der Waals surface area (Å²) in [7, 11) is 0. The zero-order valence-corrected chi connectivity index (χ0v) is 9.17. The fraction of sp³-hybridized carbons (Fsp3) is 0. The van der Waals surface area contributed by atoms with Crippen LogP contribution in [0.1, 0.15) is 5.69 Å². The van der Waals surface area contributed by atoms with Gasteiger partial charge in [0.05, 0.1) is 10.5 Å². The van der Waals surface area contributed by atoms with Crippen LogP contribution >= 0.6 is 27.5 Å². The van der Waals surface area contributed by atoms with E-state index in [4.69, 9.17) is 16.9 Å². The van der Waals surface area contributed by atoms with Crippen LogP contribution < -0.4 is 0 Å². The lowest BCUT2D eigenvalue weighted by molar-refractivity contribution is 1.05. The Morgan fingerprint density at radius 3 is 2.86 bits per heavy atom. The molecular formula is C9H3BrClN3. The van der Waals surface area contributed by atoms with Gasteiger partial charge in [0.1, 0.15) is 6.07 Å². The van der Waals surface area contributed by atoms with Crippen molar-refractivity contribution in [1.29, 1.82) is 5.26 Å². The molecule has 0 aliphatic heterocycles. The highest BCUT2D eigenvalue weighted by Gasteiger charge is 2.07. The average molecular weight is 269 g/mol. The zero-order valence-electron chi connectivity index (χ0n) is 6.83. The maximum absolute atomic E-state index is 8.70. The zero-order chi connectivity index (χ0) is 10.1. The molecule has 1 heterocycles. The number of nitriles is 1. The molecule has 68 valence electrons. The highest BCUT2D eigenvalue weighted by atomic mass is 79.9. The van der Waals surface area contributed by atoms with Gasteiger partial charge in [0, 0.05) is 9.86 Å². The number of rotatable bonds is 0. The van der Waals surface area contributed by atoms with Crippen LogP contribution in [0.2, 0.25) is 5.02 Å². The topological polar surface area (TPSA) is 49.6 Å². The second kappa shape index (κ2) is 3.52. The minimum Gasteiger partial charge on any atom is -0.191 e. The highest BCUT2D eigenvalue weighted by molar-refractivity contribution is 9.10. The summed E-state index contributed by atoms with van der Waals surface area (Å²) in [5.41, 5.74) is 0.828. The summed E-state index contributed by atoms with van der Waals surface area (Å²) in [6.07, 6.45) is 0. The van der Waals surface area contributed by atoms with Gasteiger partial charge in [-0.1, -0.05) is 27.5 Å². The summed E-state index contributed by atoms with van der Waals surface area (Å²) in [6, 6.07) is 7.34. The van der Waals surface area contributed by atoms with Gasteiger partial charge in [-0.25, -0.2) is 0 Å². The second-order valence-corrected chi connectivity index (χ2v) is 3.93. The van der Waals surface area contributed by atoms with Crippen LogP contribution in [0, 0.1) is 11.3 Å². The summed E-state index contributed by atoms with van der Waals surface area (Å²) in [5, 5.41) is 17.3. The Morgan fingerprint density at radius 1 is 1.36 bits per heavy atom. The van der Waals surface area contributed by atoms with Gasteiger partial charge in [-0.3, -0.25) is 0 Å². The molecule has 0 spiro atoms. The Hall–Kier alpha value is -1.18. The summed E-state index contributed by atoms with van der Waals surface area (Å²) in [6.45, 7) is 0. The van der Waals surface area contributed by atoms with E-state index >= 15 is 0 Å². The van der Waals surface area contributed by atoms with Crippen LogP contribution in [-0.4, -0.2) is 10.2 Å². The molecule has 1 aromatic heterocycles. The molecular weight excluding hydrogens is 265 g/mol. The first-order valence-corrected chi connectivity index (χ1v) is 4.91. The number of halogens is 2. The smallest absolute Gasteiger partial charge is 0.182 e. The van der Waals surface area contributed by atoms with Crippen molar-refractivity contribution >= 4 is 38.4 Å². The number of hydrogen-bond acceptors (Lipinski definition) is 3. The van der Waals surface area contributed by atoms with E-state index in [0.29, 0.717) is 10.5 Å². The molecule has 0 N–H and O–H groups in total. The van der Waals surface area contributed by atoms with E-state index in [1.165, 1.54) is 0 Å². The van der Waals surface area contributed by atoms with Gasteiger partial charge < -0.3 is 0 Å². The molecule has 0 radical (unpaired) electrons. The molecule has 0 saturated heterocycles. The van der Waals surface area contributed by atoms with E-state index in [2.05, 4.69) is 26.1 Å². The molecule has 0 saturated carbocycles. The van der Waals surface area contributed by atoms with Crippen LogP contribution in [0.25, 0.3) is 10.9 Å². The summed E-state index contributed by atoms with van der Waals surface area (Å²) in [5.74, 6) is 0. The van der Waals surface area contributed by atoms with E-state index in [0.717, 1.165) is 9.86 Å². The number of aromatic nitrogens is 2. The number of nitrogens with zero attached hydrogens (tertiary/aromatic N) is 3. The van der Waals surface area contributed by atoms with Crippen LogP contribution in [0.5, 0.6) is 0 Å². The lowest BCUT2D eigenvalue weighted by Crippen LogP contribution is -1.90. The predicted molar refractivity (Wildman–Crippen MR) is 57.0 cm³/mol. The molecule has 5 heteroatoms. The van der Waals surface area contributed by atoms with Crippen LogP contribution in [0.4, 0.5) is 0 Å². The van der Waals surface area contributed by atoms with Crippen molar-refractivity contribution in [3.63, 3.8) is 0 Å². The predicted octanol–water partition coefficient (Wildman–Crippen LogP) is 2.92. The maximum atomic E-state index is 8.70. The number of benzene rings is 1. The van der Waals surface area contributed by atoms with E-state index in [-0.39, 0.29) is 5.69 Å². The molecule has 1 aromatic carbocycles. The number of hydrogen-bond donors (Lipinski definition) is 0. The first-order valence-electron chi connectivity index (χ1n) is 3.74. The molecule has 0 aliphatic rings. The van der Waals surface area contributed by atoms with E-state index in [9.17, 15) is 0 Å². The largest absolute Gasteiger partial charge is 0.191 e. The van der Waals surface area contributed by atoms with Gasteiger partial charge in [-0.15, -0.1) is 10.2 Å². The summed E-state index contributed by atoms with van der Waals surface area (Å²) >= 11 is 9.29. The van der Waals surface area contributed by atoms with Gasteiger partial charge in [0.25, 0.3) is 0 Å². The van der Waals surface area contributed by atoms with Gasteiger partial charge in [0.15, 0.2) is 5.69 Å². The average Bonchev–Trinajstić information content (AvgIpc) is 2.20. The van der Waals surface area contributed by atoms with Gasteiger partial charge in [-0.2, -0.15) is 5.26 Å². The summed E-state index contributed by atoms with van der Waals surface area (Å²) < 4.78 is 0.892. The van der Waals surface area contributed by atoms with Crippen LogP contribution in [0.15, 0.2) is 22.7 Å². The van der Waals surface area contributed by atoms with Gasteiger partial charge >= 0.3 is 0 Å². The Labute approximate surface area is 93.4 Å². The lowest BCUT2D eigenvalue weighted by atomic mass is 10.2. The van der Waals surface area contributed by atoms with Crippen LogP contribution in [0.3, 0.4) is 0 Å². The quantitative estimate of drug-likeness (QED) is 0.738. The minimum atomic E-state index is 0.150. The van der Waals surface area contributed by atoms with E-state index < -0.39 is 0 Å². The SMILES string of the molecule is N#Cc1nnc2ccc(Br)cc2c1Cl. The standard InChI is InChI=1S/C9H3BrClN3/c10-5-1-2-7-6(3-5)9(11)8(4-12)14-13-7/h1-3H. The third kappa shape index (κ3) is 1.45. The molecule has 2 rings (SSSR count). The molecule has 0 aliphatic carbocycles. The summed E-state index contributed by atoms with van der Waals surface area (Å²) in [4.78, 5) is 0. The second-order valence-electron chi connectivity index (χ2n) is 2.64. The molecule has 2 aromatic rings. The van der Waals surface area contributed by atoms with Crippen LogP contribution in [-0.2, 0) is 0 Å². The molecule has 0 fully saturated rings. The van der Waals surface area contributed by atoms with Crippen molar-refractivity contribution in [2.24, 2.45) is 0 Å². The van der Waals surface area contributed by atoms with Crippen molar-refractivity contribution < 1.29 is 0 Å². The lowest BCUT2D eigenvalue weighted by Gasteiger charge is -2.00. The van der Waals surface area contributed by atoms with Crippen molar-refractivity contribution in [3.8, 4) is 6.07 Å². The number of fused-ring (bicyclic) bond motifs is 1. The maximum Gasteiger partial charge on any atom is 0.182 e. The van der Waals surface area contributed by atoms with Gasteiger partial charge in [0.2, 0.25) is 0 Å². The molecule has 14 heavy (non-hydrogen) atoms. The fourth-order valence-electron chi connectivity index (χ4n) is 1.12. The van der Waals surface area contributed by atoms with Gasteiger partial charge in [-0.05, 0) is 18.2 Å². The Balaban J connectivity index is 2.88. The molecule has 0 unspecified atom stereocenters. The minimum absolute atomic E-state index is 0.150. The first kappa shape index (κ1) is 9.38. The molecule has 3 nitrogen and oxygen atoms in total. The van der Waals surface area contributed by atoms with E-state index in [1.54, 1.807) is 6.07 Å². The monoisotopic (exact) mass is 267 g/mol.